The van der Waals surface area contributed by atoms with E-state index in [1.54, 1.807) is 17.9 Å². The second-order valence-electron chi connectivity index (χ2n) is 5.80. The Labute approximate surface area is 125 Å². The van der Waals surface area contributed by atoms with Crippen molar-refractivity contribution in [2.75, 3.05) is 18.4 Å². The van der Waals surface area contributed by atoms with Crippen LogP contribution in [-0.4, -0.2) is 40.3 Å². The summed E-state index contributed by atoms with van der Waals surface area (Å²) in [6, 6.07) is 7.12. The minimum Gasteiger partial charge on any atom is -0.393 e. The molecule has 2 amide bonds. The fourth-order valence-electron chi connectivity index (χ4n) is 2.66. The molecule has 0 spiro atoms. The predicted octanol–water partition coefficient (Wildman–Crippen LogP) is 2.36. The van der Waals surface area contributed by atoms with Crippen molar-refractivity contribution >= 4 is 11.7 Å². The van der Waals surface area contributed by atoms with Gasteiger partial charge in [-0.25, -0.2) is 4.79 Å². The summed E-state index contributed by atoms with van der Waals surface area (Å²) in [6.45, 7) is 4.83. The lowest BCUT2D eigenvalue weighted by Crippen LogP contribution is -2.42. The standard InChI is InChI=1S/C16H24N2O3/c1-11(19)13-6-8-18(9-7-13)16(21)17-15-5-3-4-14(10-15)12(2)20/h3-5,10-13,19-20H,6-9H2,1-2H3,(H,17,21). The summed E-state index contributed by atoms with van der Waals surface area (Å²) in [5.41, 5.74) is 1.47. The number of hydrogen-bond donors (Lipinski definition) is 3. The molecule has 21 heavy (non-hydrogen) atoms. The molecular formula is C16H24N2O3. The summed E-state index contributed by atoms with van der Waals surface area (Å²) in [6.07, 6.45) is 0.805. The normalized spacial score (nSPS) is 19.1. The van der Waals surface area contributed by atoms with Crippen LogP contribution in [0, 0.1) is 5.92 Å². The van der Waals surface area contributed by atoms with Gasteiger partial charge in [0.2, 0.25) is 0 Å². The molecule has 1 aliphatic heterocycles. The molecule has 0 radical (unpaired) electrons. The monoisotopic (exact) mass is 292 g/mol. The van der Waals surface area contributed by atoms with Crippen LogP contribution in [0.1, 0.15) is 38.4 Å². The first-order chi connectivity index (χ1) is 9.97. The van der Waals surface area contributed by atoms with Crippen molar-refractivity contribution in [1.29, 1.82) is 0 Å². The van der Waals surface area contributed by atoms with E-state index < -0.39 is 6.10 Å². The average Bonchev–Trinajstić information content (AvgIpc) is 2.47. The van der Waals surface area contributed by atoms with E-state index in [0.29, 0.717) is 18.8 Å². The fraction of sp³-hybridized carbons (Fsp3) is 0.562. The molecular weight excluding hydrogens is 268 g/mol. The quantitative estimate of drug-likeness (QED) is 0.801. The highest BCUT2D eigenvalue weighted by Gasteiger charge is 2.25. The number of amides is 2. The number of piperidine rings is 1. The number of anilines is 1. The van der Waals surface area contributed by atoms with Crippen molar-refractivity contribution in [2.45, 2.75) is 38.9 Å². The van der Waals surface area contributed by atoms with Gasteiger partial charge in [-0.1, -0.05) is 12.1 Å². The molecule has 1 fully saturated rings. The SMILES string of the molecule is CC(O)c1cccc(NC(=O)N2CCC(C(C)O)CC2)c1. The highest BCUT2D eigenvalue weighted by molar-refractivity contribution is 5.89. The van der Waals surface area contributed by atoms with Crippen LogP contribution < -0.4 is 5.32 Å². The van der Waals surface area contributed by atoms with Crippen molar-refractivity contribution < 1.29 is 15.0 Å². The van der Waals surface area contributed by atoms with Gasteiger partial charge in [0.15, 0.2) is 0 Å². The molecule has 0 bridgehead atoms. The molecule has 2 atom stereocenters. The summed E-state index contributed by atoms with van der Waals surface area (Å²) in [5, 5.41) is 22.0. The Balaban J connectivity index is 1.92. The van der Waals surface area contributed by atoms with Crippen LogP contribution in [0.15, 0.2) is 24.3 Å². The van der Waals surface area contributed by atoms with Crippen LogP contribution in [0.3, 0.4) is 0 Å². The molecule has 1 aromatic rings. The summed E-state index contributed by atoms with van der Waals surface area (Å²) >= 11 is 0. The molecule has 0 aromatic heterocycles. The number of carbonyl (C=O) groups is 1. The third-order valence-electron chi connectivity index (χ3n) is 4.13. The molecule has 2 unspecified atom stereocenters. The van der Waals surface area contributed by atoms with E-state index in [1.165, 1.54) is 0 Å². The molecule has 1 heterocycles. The number of urea groups is 1. The van der Waals surface area contributed by atoms with Crippen molar-refractivity contribution in [3.8, 4) is 0 Å². The Hall–Kier alpha value is -1.59. The number of likely N-dealkylation sites (tertiary alicyclic amines) is 1. The molecule has 2 rings (SSSR count). The molecule has 1 aliphatic rings. The van der Waals surface area contributed by atoms with Crippen LogP contribution in [0.25, 0.3) is 0 Å². The van der Waals surface area contributed by atoms with Gasteiger partial charge in [-0.15, -0.1) is 0 Å². The smallest absolute Gasteiger partial charge is 0.321 e. The van der Waals surface area contributed by atoms with Gasteiger partial charge in [-0.05, 0) is 50.3 Å². The Morgan fingerprint density at radius 1 is 1.29 bits per heavy atom. The van der Waals surface area contributed by atoms with E-state index in [0.717, 1.165) is 18.4 Å². The molecule has 116 valence electrons. The van der Waals surface area contributed by atoms with Gasteiger partial charge in [-0.3, -0.25) is 0 Å². The van der Waals surface area contributed by atoms with Gasteiger partial charge < -0.3 is 20.4 Å². The zero-order valence-corrected chi connectivity index (χ0v) is 12.6. The van der Waals surface area contributed by atoms with E-state index in [-0.39, 0.29) is 18.1 Å². The van der Waals surface area contributed by atoms with Crippen LogP contribution >= 0.6 is 0 Å². The Morgan fingerprint density at radius 3 is 2.52 bits per heavy atom. The highest BCUT2D eigenvalue weighted by Crippen LogP contribution is 2.22. The summed E-state index contributed by atoms with van der Waals surface area (Å²) in [4.78, 5) is 14.0. The maximum absolute atomic E-state index is 12.2. The summed E-state index contributed by atoms with van der Waals surface area (Å²) < 4.78 is 0. The summed E-state index contributed by atoms with van der Waals surface area (Å²) in [7, 11) is 0. The second kappa shape index (κ2) is 6.91. The number of aliphatic hydroxyl groups is 2. The van der Waals surface area contributed by atoms with E-state index in [2.05, 4.69) is 5.32 Å². The fourth-order valence-corrected chi connectivity index (χ4v) is 2.66. The minimum atomic E-state index is -0.552. The minimum absolute atomic E-state index is 0.123. The lowest BCUT2D eigenvalue weighted by Gasteiger charge is -2.33. The first-order valence-electron chi connectivity index (χ1n) is 7.49. The number of hydrogen-bond acceptors (Lipinski definition) is 3. The van der Waals surface area contributed by atoms with Crippen molar-refractivity contribution in [2.24, 2.45) is 5.92 Å². The molecule has 5 nitrogen and oxygen atoms in total. The first-order valence-corrected chi connectivity index (χ1v) is 7.49. The van der Waals surface area contributed by atoms with Crippen LogP contribution in [0.2, 0.25) is 0 Å². The third kappa shape index (κ3) is 4.19. The zero-order valence-electron chi connectivity index (χ0n) is 12.6. The molecule has 1 aromatic carbocycles. The Morgan fingerprint density at radius 2 is 1.95 bits per heavy atom. The first kappa shape index (κ1) is 15.8. The number of aliphatic hydroxyl groups excluding tert-OH is 2. The van der Waals surface area contributed by atoms with Gasteiger partial charge in [-0.2, -0.15) is 0 Å². The second-order valence-corrected chi connectivity index (χ2v) is 5.80. The Bertz CT molecular complexity index is 480. The lowest BCUT2D eigenvalue weighted by molar-refractivity contribution is 0.0820. The maximum atomic E-state index is 12.2. The van der Waals surface area contributed by atoms with Gasteiger partial charge in [0, 0.05) is 18.8 Å². The van der Waals surface area contributed by atoms with Crippen molar-refractivity contribution in [3.05, 3.63) is 29.8 Å². The molecule has 5 heteroatoms. The number of benzene rings is 1. The van der Waals surface area contributed by atoms with Crippen molar-refractivity contribution in [3.63, 3.8) is 0 Å². The number of nitrogens with zero attached hydrogens (tertiary/aromatic N) is 1. The van der Waals surface area contributed by atoms with E-state index in [9.17, 15) is 15.0 Å². The Kier molecular flexibility index (Phi) is 5.20. The van der Waals surface area contributed by atoms with Crippen LogP contribution in [0.4, 0.5) is 10.5 Å². The molecule has 0 aliphatic carbocycles. The summed E-state index contributed by atoms with van der Waals surface area (Å²) in [5.74, 6) is 0.285. The zero-order chi connectivity index (χ0) is 15.4. The van der Waals surface area contributed by atoms with Gasteiger partial charge in [0.1, 0.15) is 0 Å². The molecule has 3 N–H and O–H groups in total. The topological polar surface area (TPSA) is 72.8 Å². The third-order valence-corrected chi connectivity index (χ3v) is 4.13. The van der Waals surface area contributed by atoms with E-state index >= 15 is 0 Å². The largest absolute Gasteiger partial charge is 0.393 e. The van der Waals surface area contributed by atoms with Gasteiger partial charge in [0.05, 0.1) is 12.2 Å². The van der Waals surface area contributed by atoms with Crippen LogP contribution in [-0.2, 0) is 0 Å². The predicted molar refractivity (Wildman–Crippen MR) is 82.1 cm³/mol. The van der Waals surface area contributed by atoms with E-state index in [4.69, 9.17) is 0 Å². The van der Waals surface area contributed by atoms with Gasteiger partial charge >= 0.3 is 6.03 Å². The van der Waals surface area contributed by atoms with E-state index in [1.807, 2.05) is 25.1 Å². The van der Waals surface area contributed by atoms with Crippen LogP contribution in [0.5, 0.6) is 0 Å². The number of rotatable bonds is 3. The highest BCUT2D eigenvalue weighted by atomic mass is 16.3. The van der Waals surface area contributed by atoms with Crippen molar-refractivity contribution in [1.82, 2.24) is 4.90 Å². The maximum Gasteiger partial charge on any atom is 0.321 e. The lowest BCUT2D eigenvalue weighted by atomic mass is 9.92. The molecule has 0 saturated carbocycles. The number of carbonyl (C=O) groups excluding carboxylic acids is 1. The molecule has 1 saturated heterocycles. The number of nitrogens with one attached hydrogen (secondary N) is 1. The average molecular weight is 292 g/mol. The van der Waals surface area contributed by atoms with Gasteiger partial charge in [0.25, 0.3) is 0 Å².